The SMILES string of the molecule is ClCc1coc(-n2cccn2)n1. The molecule has 62 valence electrons. The minimum absolute atomic E-state index is 0.352. The molecule has 2 aromatic rings. The van der Waals surface area contributed by atoms with Crippen molar-refractivity contribution in [1.82, 2.24) is 14.8 Å². The third kappa shape index (κ3) is 1.21. The zero-order valence-corrected chi connectivity index (χ0v) is 6.90. The number of oxazole rings is 1. The van der Waals surface area contributed by atoms with E-state index in [0.29, 0.717) is 17.6 Å². The summed E-state index contributed by atoms with van der Waals surface area (Å²) >= 11 is 5.55. The second-order valence-corrected chi connectivity index (χ2v) is 2.47. The van der Waals surface area contributed by atoms with Crippen LogP contribution in [0.3, 0.4) is 0 Å². The standard InChI is InChI=1S/C7H6ClN3O/c8-4-6-5-12-7(10-6)11-3-1-2-9-11/h1-3,5H,4H2. The summed E-state index contributed by atoms with van der Waals surface area (Å²) in [7, 11) is 0. The van der Waals surface area contributed by atoms with Crippen LogP contribution in [0.15, 0.2) is 29.1 Å². The van der Waals surface area contributed by atoms with Gasteiger partial charge in [-0.2, -0.15) is 14.8 Å². The molecular formula is C7H6ClN3O. The van der Waals surface area contributed by atoms with Gasteiger partial charge in [-0.15, -0.1) is 11.6 Å². The van der Waals surface area contributed by atoms with Crippen molar-refractivity contribution in [2.24, 2.45) is 0 Å². The van der Waals surface area contributed by atoms with Gasteiger partial charge >= 0.3 is 6.01 Å². The van der Waals surface area contributed by atoms with Crippen molar-refractivity contribution in [3.8, 4) is 6.01 Å². The van der Waals surface area contributed by atoms with Crippen molar-refractivity contribution in [3.05, 3.63) is 30.4 Å². The maximum Gasteiger partial charge on any atom is 0.322 e. The molecule has 2 aromatic heterocycles. The summed E-state index contributed by atoms with van der Waals surface area (Å²) in [5.41, 5.74) is 0.710. The van der Waals surface area contributed by atoms with Crippen molar-refractivity contribution >= 4 is 11.6 Å². The summed E-state index contributed by atoms with van der Waals surface area (Å²) < 4.78 is 6.64. The molecule has 0 N–H and O–H groups in total. The summed E-state index contributed by atoms with van der Waals surface area (Å²) in [6.45, 7) is 0. The lowest BCUT2D eigenvalue weighted by Crippen LogP contribution is -1.93. The van der Waals surface area contributed by atoms with E-state index in [2.05, 4.69) is 10.1 Å². The molecule has 2 heterocycles. The van der Waals surface area contributed by atoms with Gasteiger partial charge in [-0.25, -0.2) is 0 Å². The first-order chi connectivity index (χ1) is 5.90. The molecule has 0 spiro atoms. The fourth-order valence-corrected chi connectivity index (χ4v) is 0.968. The lowest BCUT2D eigenvalue weighted by atomic mass is 10.6. The summed E-state index contributed by atoms with van der Waals surface area (Å²) in [6, 6.07) is 2.24. The topological polar surface area (TPSA) is 43.9 Å². The molecule has 0 fully saturated rings. The van der Waals surface area contributed by atoms with Gasteiger partial charge in [0.25, 0.3) is 0 Å². The normalized spacial score (nSPS) is 10.4. The van der Waals surface area contributed by atoms with E-state index >= 15 is 0 Å². The molecule has 0 aliphatic carbocycles. The second kappa shape index (κ2) is 2.98. The molecule has 0 radical (unpaired) electrons. The Kier molecular flexibility index (Phi) is 1.83. The lowest BCUT2D eigenvalue weighted by molar-refractivity contribution is 0.509. The van der Waals surface area contributed by atoms with Crippen LogP contribution < -0.4 is 0 Å². The molecule has 0 unspecified atom stereocenters. The van der Waals surface area contributed by atoms with Crippen LogP contribution in [0.4, 0.5) is 0 Å². The van der Waals surface area contributed by atoms with Crippen LogP contribution in [0.1, 0.15) is 5.69 Å². The lowest BCUT2D eigenvalue weighted by Gasteiger charge is -1.89. The average molecular weight is 184 g/mol. The molecule has 0 bridgehead atoms. The van der Waals surface area contributed by atoms with Gasteiger partial charge < -0.3 is 4.42 Å². The Morgan fingerprint density at radius 2 is 2.50 bits per heavy atom. The van der Waals surface area contributed by atoms with Crippen LogP contribution in [-0.2, 0) is 5.88 Å². The summed E-state index contributed by atoms with van der Waals surface area (Å²) in [4.78, 5) is 4.07. The average Bonchev–Trinajstić information content (AvgIpc) is 2.75. The van der Waals surface area contributed by atoms with Crippen LogP contribution in [0.2, 0.25) is 0 Å². The first-order valence-corrected chi connectivity index (χ1v) is 3.94. The van der Waals surface area contributed by atoms with E-state index in [4.69, 9.17) is 16.0 Å². The van der Waals surface area contributed by atoms with E-state index in [0.717, 1.165) is 0 Å². The zero-order valence-electron chi connectivity index (χ0n) is 6.14. The Hall–Kier alpha value is -1.29. The van der Waals surface area contributed by atoms with Crippen molar-refractivity contribution in [2.45, 2.75) is 5.88 Å². The van der Waals surface area contributed by atoms with Crippen molar-refractivity contribution in [3.63, 3.8) is 0 Å². The molecule has 0 aliphatic heterocycles. The Morgan fingerprint density at radius 3 is 3.08 bits per heavy atom. The first-order valence-electron chi connectivity index (χ1n) is 3.40. The molecule has 0 atom stereocenters. The third-order valence-corrected chi connectivity index (χ3v) is 1.65. The fraction of sp³-hybridized carbons (Fsp3) is 0.143. The number of alkyl halides is 1. The van der Waals surface area contributed by atoms with Crippen molar-refractivity contribution in [1.29, 1.82) is 0 Å². The van der Waals surface area contributed by atoms with Crippen LogP contribution in [0, 0.1) is 0 Å². The number of rotatable bonds is 2. The van der Waals surface area contributed by atoms with Crippen LogP contribution in [-0.4, -0.2) is 14.8 Å². The molecule has 0 amide bonds. The minimum atomic E-state index is 0.352. The van der Waals surface area contributed by atoms with Gasteiger partial charge in [0.2, 0.25) is 0 Å². The van der Waals surface area contributed by atoms with E-state index in [-0.39, 0.29) is 0 Å². The molecular weight excluding hydrogens is 178 g/mol. The van der Waals surface area contributed by atoms with E-state index in [1.807, 2.05) is 0 Å². The van der Waals surface area contributed by atoms with Gasteiger partial charge in [0.15, 0.2) is 0 Å². The number of aromatic nitrogens is 3. The van der Waals surface area contributed by atoms with E-state index < -0.39 is 0 Å². The van der Waals surface area contributed by atoms with Gasteiger partial charge in [-0.1, -0.05) is 0 Å². The van der Waals surface area contributed by atoms with Crippen LogP contribution in [0.25, 0.3) is 6.01 Å². The van der Waals surface area contributed by atoms with Crippen LogP contribution >= 0.6 is 11.6 Å². The highest BCUT2D eigenvalue weighted by Gasteiger charge is 2.03. The van der Waals surface area contributed by atoms with Crippen molar-refractivity contribution in [2.75, 3.05) is 0 Å². The van der Waals surface area contributed by atoms with Gasteiger partial charge in [0.05, 0.1) is 11.6 Å². The first kappa shape index (κ1) is 7.36. The van der Waals surface area contributed by atoms with Crippen molar-refractivity contribution < 1.29 is 4.42 Å². The van der Waals surface area contributed by atoms with E-state index in [1.165, 1.54) is 10.9 Å². The highest BCUT2D eigenvalue weighted by atomic mass is 35.5. The molecule has 0 saturated carbocycles. The van der Waals surface area contributed by atoms with Gasteiger partial charge in [-0.3, -0.25) is 0 Å². The van der Waals surface area contributed by atoms with E-state index in [9.17, 15) is 0 Å². The van der Waals surface area contributed by atoms with Gasteiger partial charge in [-0.05, 0) is 6.07 Å². The second-order valence-electron chi connectivity index (χ2n) is 2.21. The monoisotopic (exact) mass is 183 g/mol. The maximum absolute atomic E-state index is 5.55. The smallest absolute Gasteiger partial charge is 0.322 e. The highest BCUT2D eigenvalue weighted by molar-refractivity contribution is 6.16. The summed E-state index contributed by atoms with van der Waals surface area (Å²) in [5, 5.41) is 3.95. The number of hydrogen-bond donors (Lipinski definition) is 0. The Balaban J connectivity index is 2.35. The predicted molar refractivity (Wildman–Crippen MR) is 43.2 cm³/mol. The summed E-state index contributed by atoms with van der Waals surface area (Å²) in [5.74, 6) is 0.352. The molecule has 0 aliphatic rings. The van der Waals surface area contributed by atoms with Gasteiger partial charge in [0, 0.05) is 12.4 Å². The molecule has 2 rings (SSSR count). The minimum Gasteiger partial charge on any atom is -0.430 e. The quantitative estimate of drug-likeness (QED) is 0.665. The largest absolute Gasteiger partial charge is 0.430 e. The zero-order chi connectivity index (χ0) is 8.39. The van der Waals surface area contributed by atoms with Gasteiger partial charge in [0.1, 0.15) is 6.26 Å². The Morgan fingerprint density at radius 1 is 1.58 bits per heavy atom. The number of halogens is 1. The Labute approximate surface area is 73.8 Å². The highest BCUT2D eigenvalue weighted by Crippen LogP contribution is 2.07. The molecule has 12 heavy (non-hydrogen) atoms. The van der Waals surface area contributed by atoms with E-state index in [1.54, 1.807) is 18.5 Å². The molecule has 5 heteroatoms. The van der Waals surface area contributed by atoms with Crippen LogP contribution in [0.5, 0.6) is 0 Å². The number of nitrogens with zero attached hydrogens (tertiary/aromatic N) is 3. The molecule has 0 saturated heterocycles. The Bertz CT molecular complexity index is 354. The fourth-order valence-electron chi connectivity index (χ4n) is 0.845. The predicted octanol–water partition coefficient (Wildman–Crippen LogP) is 1.60. The summed E-state index contributed by atoms with van der Waals surface area (Å²) in [6.07, 6.45) is 4.93. The molecule has 4 nitrogen and oxygen atoms in total. The number of hydrogen-bond acceptors (Lipinski definition) is 3. The maximum atomic E-state index is 5.55. The molecule has 0 aromatic carbocycles. The third-order valence-electron chi connectivity index (χ3n) is 1.38.